The van der Waals surface area contributed by atoms with Gasteiger partial charge in [0, 0.05) is 48.4 Å². The van der Waals surface area contributed by atoms with Crippen molar-refractivity contribution in [3.8, 4) is 0 Å². The molecule has 2 atom stereocenters. The number of nitrogens with zero attached hydrogens (tertiary/aromatic N) is 1. The van der Waals surface area contributed by atoms with Gasteiger partial charge in [-0.3, -0.25) is 4.79 Å². The van der Waals surface area contributed by atoms with E-state index in [2.05, 4.69) is 16.3 Å². The quantitative estimate of drug-likeness (QED) is 0.296. The molecule has 0 spiro atoms. The Bertz CT molecular complexity index is 1690. The second kappa shape index (κ2) is 11.4. The minimum Gasteiger partial charge on any atom is -0.479 e. The average molecular weight is 553 g/mol. The number of allylic oxidation sites excluding steroid dienone is 4. The lowest BCUT2D eigenvalue weighted by atomic mass is 10.0. The van der Waals surface area contributed by atoms with E-state index in [1.807, 2.05) is 38.4 Å². The summed E-state index contributed by atoms with van der Waals surface area (Å²) in [7, 11) is 4.02. The molecule has 2 heterocycles. The molecule has 3 aromatic rings. The molecule has 0 saturated heterocycles. The number of furan rings is 2. The van der Waals surface area contributed by atoms with Crippen molar-refractivity contribution in [3.63, 3.8) is 0 Å². The molecule has 2 unspecified atom stereocenters. The first-order valence-electron chi connectivity index (χ1n) is 11.9. The number of nitrogens with one attached hydrogen (secondary N) is 1. The summed E-state index contributed by atoms with van der Waals surface area (Å²) in [6, 6.07) is 4.11. The predicted octanol–water partition coefficient (Wildman–Crippen LogP) is 0.946. The molecule has 0 aliphatic heterocycles. The molecule has 5 rings (SSSR count). The summed E-state index contributed by atoms with van der Waals surface area (Å²) in [6.45, 7) is 0. The Labute approximate surface area is 225 Å². The van der Waals surface area contributed by atoms with Gasteiger partial charge in [0.05, 0.1) is 5.56 Å². The fourth-order valence-electron chi connectivity index (χ4n) is 4.00. The molecule has 2 aliphatic carbocycles. The highest BCUT2D eigenvalue weighted by Crippen LogP contribution is 2.23. The number of carbonyl (C=O) groups is 3. The summed E-state index contributed by atoms with van der Waals surface area (Å²) < 4.78 is 25.0. The van der Waals surface area contributed by atoms with Crippen LogP contribution >= 0.6 is 0 Å². The second-order valence-corrected chi connectivity index (χ2v) is 9.05. The highest BCUT2D eigenvalue weighted by molar-refractivity contribution is 6.07. The summed E-state index contributed by atoms with van der Waals surface area (Å²) in [5.74, 6) is -4.32. The van der Waals surface area contributed by atoms with E-state index in [0.717, 1.165) is 28.4 Å². The molecule has 0 radical (unpaired) electrons. The number of hydrogen-bond acceptors (Lipinski definition) is 8. The molecule has 208 valence electrons. The van der Waals surface area contributed by atoms with Crippen LogP contribution in [0.3, 0.4) is 0 Å². The van der Waals surface area contributed by atoms with Crippen molar-refractivity contribution in [2.75, 3.05) is 14.1 Å². The van der Waals surface area contributed by atoms with E-state index in [0.29, 0.717) is 16.7 Å². The van der Waals surface area contributed by atoms with Crippen LogP contribution in [-0.2, 0) is 16.0 Å². The van der Waals surface area contributed by atoms with Crippen LogP contribution in [-0.4, -0.2) is 69.5 Å². The number of likely N-dealkylation sites (N-methyl/N-ethyl adjacent to an activating group) is 1. The van der Waals surface area contributed by atoms with Gasteiger partial charge in [-0.2, -0.15) is 0 Å². The summed E-state index contributed by atoms with van der Waals surface area (Å²) in [5, 5.41) is 35.9. The van der Waals surface area contributed by atoms with Crippen LogP contribution < -0.4 is 16.1 Å². The lowest BCUT2D eigenvalue weighted by Crippen LogP contribution is -2.39. The van der Waals surface area contributed by atoms with Crippen LogP contribution in [0.2, 0.25) is 0 Å². The molecule has 0 bridgehead atoms. The predicted molar refractivity (Wildman–Crippen MR) is 140 cm³/mol. The average Bonchev–Trinajstić information content (AvgIpc) is 3.42. The van der Waals surface area contributed by atoms with Gasteiger partial charge in [0.1, 0.15) is 28.5 Å². The molecule has 11 nitrogen and oxygen atoms in total. The number of aliphatic carboxylic acids is 2. The van der Waals surface area contributed by atoms with Gasteiger partial charge in [0.15, 0.2) is 12.2 Å². The Morgan fingerprint density at radius 1 is 1.02 bits per heavy atom. The van der Waals surface area contributed by atoms with Crippen molar-refractivity contribution in [2.24, 2.45) is 0 Å². The zero-order chi connectivity index (χ0) is 29.1. The maximum Gasteiger partial charge on any atom is 0.335 e. The number of rotatable bonds is 6. The van der Waals surface area contributed by atoms with Gasteiger partial charge in [-0.15, -0.1) is 0 Å². The molecule has 12 heteroatoms. The molecule has 5 N–H and O–H groups in total. The number of carbonyl (C=O) groups excluding carboxylic acids is 1. The van der Waals surface area contributed by atoms with E-state index in [4.69, 9.17) is 29.3 Å². The van der Waals surface area contributed by atoms with Gasteiger partial charge in [0.2, 0.25) is 0 Å². The number of amides is 1. The largest absolute Gasteiger partial charge is 0.479 e. The molecule has 2 aliphatic rings. The van der Waals surface area contributed by atoms with Gasteiger partial charge >= 0.3 is 11.9 Å². The lowest BCUT2D eigenvalue weighted by Gasteiger charge is -2.18. The number of halogens is 1. The van der Waals surface area contributed by atoms with E-state index in [-0.39, 0.29) is 11.5 Å². The first-order chi connectivity index (χ1) is 19.0. The topological polar surface area (TPSA) is 174 Å². The minimum atomic E-state index is -2.27. The molecular weight excluding hydrogens is 527 g/mol. The third-order valence-corrected chi connectivity index (χ3v) is 6.13. The number of carboxylic acids is 2. The molecule has 0 fully saturated rings. The molecule has 40 heavy (non-hydrogen) atoms. The van der Waals surface area contributed by atoms with Crippen molar-refractivity contribution in [1.82, 2.24) is 10.2 Å². The molecule has 1 aromatic carbocycles. The van der Waals surface area contributed by atoms with Crippen molar-refractivity contribution in [1.29, 1.82) is 0 Å². The monoisotopic (exact) mass is 552 g/mol. The van der Waals surface area contributed by atoms with Crippen molar-refractivity contribution >= 4 is 47.0 Å². The second-order valence-electron chi connectivity index (χ2n) is 9.05. The fourth-order valence-corrected chi connectivity index (χ4v) is 4.00. The SMILES string of the molecule is CN(C)C1=CC=c2oc3c(c2C1)C=C(NC(=O)c1coc2ccc(F)cc12)C=CC=3.O=C(O)C(O)C(O)C(=O)O. The fraction of sp³-hybridized carbons (Fsp3) is 0.179. The lowest BCUT2D eigenvalue weighted by molar-refractivity contribution is -0.165. The summed E-state index contributed by atoms with van der Waals surface area (Å²) in [4.78, 5) is 34.5. The third kappa shape index (κ3) is 5.87. The van der Waals surface area contributed by atoms with Crippen LogP contribution in [0.15, 0.2) is 62.9 Å². The zero-order valence-electron chi connectivity index (χ0n) is 21.3. The number of benzene rings is 1. The first-order valence-corrected chi connectivity index (χ1v) is 11.9. The molecular formula is C28H25FN2O9. The van der Waals surface area contributed by atoms with Crippen LogP contribution in [0.25, 0.3) is 29.2 Å². The van der Waals surface area contributed by atoms with Crippen LogP contribution in [0.4, 0.5) is 4.39 Å². The summed E-state index contributed by atoms with van der Waals surface area (Å²) in [6.07, 6.45) is 9.01. The van der Waals surface area contributed by atoms with E-state index in [1.165, 1.54) is 30.2 Å². The Morgan fingerprint density at radius 3 is 2.38 bits per heavy atom. The van der Waals surface area contributed by atoms with Crippen molar-refractivity contribution < 1.29 is 48.0 Å². The van der Waals surface area contributed by atoms with Crippen molar-refractivity contribution in [3.05, 3.63) is 87.4 Å². The van der Waals surface area contributed by atoms with Gasteiger partial charge in [-0.1, -0.05) is 6.08 Å². The van der Waals surface area contributed by atoms with Crippen LogP contribution in [0.1, 0.15) is 21.5 Å². The highest BCUT2D eigenvalue weighted by atomic mass is 19.1. The van der Waals surface area contributed by atoms with Crippen LogP contribution in [0.5, 0.6) is 0 Å². The zero-order valence-corrected chi connectivity index (χ0v) is 21.3. The van der Waals surface area contributed by atoms with Gasteiger partial charge in [-0.25, -0.2) is 14.0 Å². The van der Waals surface area contributed by atoms with E-state index in [9.17, 15) is 18.8 Å². The number of fused-ring (bicyclic) bond motifs is 4. The number of aliphatic hydroxyl groups excluding tert-OH is 2. The Morgan fingerprint density at radius 2 is 1.73 bits per heavy atom. The van der Waals surface area contributed by atoms with Crippen LogP contribution in [0, 0.1) is 5.82 Å². The summed E-state index contributed by atoms with van der Waals surface area (Å²) in [5.41, 5.74) is 6.14. The van der Waals surface area contributed by atoms with Crippen molar-refractivity contribution in [2.45, 2.75) is 18.6 Å². The summed E-state index contributed by atoms with van der Waals surface area (Å²) >= 11 is 0. The number of hydrogen-bond donors (Lipinski definition) is 5. The van der Waals surface area contributed by atoms with E-state index >= 15 is 0 Å². The van der Waals surface area contributed by atoms with Gasteiger partial charge in [-0.05, 0) is 48.6 Å². The molecule has 2 aromatic heterocycles. The number of carboxylic acid groups (broad SMARTS) is 2. The minimum absolute atomic E-state index is 0.285. The smallest absolute Gasteiger partial charge is 0.335 e. The maximum absolute atomic E-state index is 13.6. The van der Waals surface area contributed by atoms with Gasteiger partial charge < -0.3 is 39.5 Å². The molecule has 1 amide bonds. The maximum atomic E-state index is 13.6. The van der Waals surface area contributed by atoms with E-state index in [1.54, 1.807) is 6.08 Å². The Hall–Kier alpha value is -4.94. The number of aliphatic hydroxyl groups is 2. The Balaban J connectivity index is 0.000000318. The standard InChI is InChI=1S/C24H19FN2O3.C4H6O6/c1-27(2)16-7-9-23-19(12-16)18-11-15(4-3-5-22(18)30-23)26-24(28)20-13-29-21-8-6-14(25)10-17(20)21;5-1(3(7)8)2(6)4(9)10/h3-11,13H,12H2,1-2H3,(H,26,28);1-2,5-6H,(H,7,8)(H,9,10). The van der Waals surface area contributed by atoms with E-state index < -0.39 is 30.0 Å². The van der Waals surface area contributed by atoms with Gasteiger partial charge in [0.25, 0.3) is 5.91 Å². The normalized spacial score (nSPS) is 14.9. The third-order valence-electron chi connectivity index (χ3n) is 6.13. The Kier molecular flexibility index (Phi) is 8.03. The molecule has 0 saturated carbocycles. The first kappa shape index (κ1) is 28.1. The highest BCUT2D eigenvalue weighted by Gasteiger charge is 2.29.